The van der Waals surface area contributed by atoms with Crippen LogP contribution in [0.25, 0.3) is 0 Å². The zero-order valence-electron chi connectivity index (χ0n) is 14.3. The van der Waals surface area contributed by atoms with Crippen LogP contribution in [0, 0.1) is 0 Å². The molecule has 1 aromatic heterocycles. The van der Waals surface area contributed by atoms with Gasteiger partial charge in [-0.25, -0.2) is 4.79 Å². The van der Waals surface area contributed by atoms with Gasteiger partial charge in [-0.15, -0.1) is 11.3 Å². The lowest BCUT2D eigenvalue weighted by Gasteiger charge is -2.29. The highest BCUT2D eigenvalue weighted by atomic mass is 32.1. The number of carbonyl (C=O) groups excluding carboxylic acids is 2. The number of urea groups is 1. The zero-order chi connectivity index (χ0) is 16.9. The number of likely N-dealkylation sites (tertiary alicyclic amines) is 1. The van der Waals surface area contributed by atoms with Gasteiger partial charge >= 0.3 is 6.03 Å². The van der Waals surface area contributed by atoms with E-state index in [1.54, 1.807) is 11.3 Å². The Balaban J connectivity index is 1.53. The normalized spacial score (nSPS) is 23.8. The molecule has 1 saturated carbocycles. The molecule has 0 spiro atoms. The summed E-state index contributed by atoms with van der Waals surface area (Å²) in [4.78, 5) is 28.1. The Kier molecular flexibility index (Phi) is 5.89. The van der Waals surface area contributed by atoms with Crippen LogP contribution in [0.2, 0.25) is 0 Å². The average Bonchev–Trinajstić information content (AvgIpc) is 3.25. The fraction of sp³-hybridized carbons (Fsp3) is 0.667. The van der Waals surface area contributed by atoms with Crippen LogP contribution in [0.1, 0.15) is 62.8 Å². The molecule has 1 saturated heterocycles. The number of amides is 3. The molecule has 2 aliphatic rings. The standard InChI is InChI=1S/C18H27N3O2S/c1-13(21-11-5-9-15(21)16-10-6-12-24-16)17(22)20-18(23)19-14-7-3-2-4-8-14/h6,10,12-15H,2-5,7-9,11H2,1H3,(H2,19,20,22,23)/t13-,15-/m1/s1. The van der Waals surface area contributed by atoms with E-state index < -0.39 is 0 Å². The maximum absolute atomic E-state index is 12.5. The van der Waals surface area contributed by atoms with Crippen LogP contribution >= 0.6 is 11.3 Å². The van der Waals surface area contributed by atoms with Crippen LogP contribution in [-0.2, 0) is 4.79 Å². The van der Waals surface area contributed by atoms with Gasteiger partial charge < -0.3 is 5.32 Å². The largest absolute Gasteiger partial charge is 0.335 e. The Morgan fingerprint density at radius 3 is 2.71 bits per heavy atom. The summed E-state index contributed by atoms with van der Waals surface area (Å²) in [5, 5.41) is 7.57. The lowest BCUT2D eigenvalue weighted by atomic mass is 9.96. The average molecular weight is 349 g/mol. The van der Waals surface area contributed by atoms with Gasteiger partial charge in [0.05, 0.1) is 6.04 Å². The molecule has 5 nitrogen and oxygen atoms in total. The molecule has 1 aromatic rings. The van der Waals surface area contributed by atoms with Crippen molar-refractivity contribution in [3.05, 3.63) is 22.4 Å². The van der Waals surface area contributed by atoms with Crippen LogP contribution in [0.4, 0.5) is 4.79 Å². The van der Waals surface area contributed by atoms with Gasteiger partial charge in [0.2, 0.25) is 5.91 Å². The van der Waals surface area contributed by atoms with Gasteiger partial charge in [0.1, 0.15) is 0 Å². The number of nitrogens with one attached hydrogen (secondary N) is 2. The lowest BCUT2D eigenvalue weighted by Crippen LogP contribution is -2.51. The zero-order valence-corrected chi connectivity index (χ0v) is 15.1. The molecular formula is C18H27N3O2S. The van der Waals surface area contributed by atoms with E-state index in [9.17, 15) is 9.59 Å². The molecular weight excluding hydrogens is 322 g/mol. The number of rotatable bonds is 4. The predicted octanol–water partition coefficient (Wildman–Crippen LogP) is 3.43. The Morgan fingerprint density at radius 2 is 2.00 bits per heavy atom. The van der Waals surface area contributed by atoms with Gasteiger partial charge in [-0.3, -0.25) is 15.0 Å². The third kappa shape index (κ3) is 4.16. The highest BCUT2D eigenvalue weighted by Crippen LogP contribution is 2.35. The maximum Gasteiger partial charge on any atom is 0.321 e. The molecule has 3 rings (SSSR count). The fourth-order valence-corrected chi connectivity index (χ4v) is 4.76. The SMILES string of the molecule is C[C@H](C(=O)NC(=O)NC1CCCCC1)N1CCC[C@@H]1c1cccs1. The summed E-state index contributed by atoms with van der Waals surface area (Å²) < 4.78 is 0. The second-order valence-corrected chi connectivity index (χ2v) is 7.86. The van der Waals surface area contributed by atoms with E-state index in [-0.39, 0.29) is 24.0 Å². The van der Waals surface area contributed by atoms with Crippen LogP contribution < -0.4 is 10.6 Å². The molecule has 2 heterocycles. The molecule has 2 atom stereocenters. The summed E-state index contributed by atoms with van der Waals surface area (Å²) in [7, 11) is 0. The Morgan fingerprint density at radius 1 is 1.21 bits per heavy atom. The number of hydrogen-bond donors (Lipinski definition) is 2. The van der Waals surface area contributed by atoms with E-state index in [2.05, 4.69) is 33.0 Å². The third-order valence-electron chi connectivity index (χ3n) is 5.22. The molecule has 2 N–H and O–H groups in total. The van der Waals surface area contributed by atoms with Crippen LogP contribution in [0.15, 0.2) is 17.5 Å². The smallest absolute Gasteiger partial charge is 0.321 e. The first-order valence-electron chi connectivity index (χ1n) is 9.05. The van der Waals surface area contributed by atoms with Gasteiger partial charge in [0.15, 0.2) is 0 Å². The van der Waals surface area contributed by atoms with E-state index in [4.69, 9.17) is 0 Å². The van der Waals surface area contributed by atoms with Gasteiger partial charge in [-0.1, -0.05) is 25.3 Å². The predicted molar refractivity (Wildman–Crippen MR) is 96.0 cm³/mol. The molecule has 0 unspecified atom stereocenters. The number of hydrogen-bond acceptors (Lipinski definition) is 4. The summed E-state index contributed by atoms with van der Waals surface area (Å²) in [5.74, 6) is -0.202. The molecule has 1 aliphatic carbocycles. The van der Waals surface area contributed by atoms with Crippen molar-refractivity contribution >= 4 is 23.3 Å². The first kappa shape index (κ1) is 17.4. The van der Waals surface area contributed by atoms with Crippen LogP contribution in [-0.4, -0.2) is 35.5 Å². The van der Waals surface area contributed by atoms with E-state index in [0.717, 1.165) is 45.1 Å². The number of imide groups is 1. The fourth-order valence-electron chi connectivity index (χ4n) is 3.87. The Bertz CT molecular complexity index is 555. The number of carbonyl (C=O) groups is 2. The van der Waals surface area contributed by atoms with E-state index >= 15 is 0 Å². The first-order chi connectivity index (χ1) is 11.6. The van der Waals surface area contributed by atoms with Crippen molar-refractivity contribution in [2.75, 3.05) is 6.54 Å². The molecule has 6 heteroatoms. The molecule has 1 aliphatic heterocycles. The van der Waals surface area contributed by atoms with Crippen molar-refractivity contribution < 1.29 is 9.59 Å². The van der Waals surface area contributed by atoms with Crippen molar-refractivity contribution in [2.24, 2.45) is 0 Å². The summed E-state index contributed by atoms with van der Waals surface area (Å²) in [6.07, 6.45) is 7.76. The van der Waals surface area contributed by atoms with Gasteiger partial charge in [-0.2, -0.15) is 0 Å². The third-order valence-corrected chi connectivity index (χ3v) is 6.19. The molecule has 0 aromatic carbocycles. The van der Waals surface area contributed by atoms with Gasteiger partial charge in [-0.05, 0) is 50.6 Å². The lowest BCUT2D eigenvalue weighted by molar-refractivity contribution is -0.125. The quantitative estimate of drug-likeness (QED) is 0.875. The summed E-state index contributed by atoms with van der Waals surface area (Å²) in [6.45, 7) is 2.80. The van der Waals surface area contributed by atoms with E-state index in [1.807, 2.05) is 6.92 Å². The summed E-state index contributed by atoms with van der Waals surface area (Å²) in [5.41, 5.74) is 0. The van der Waals surface area contributed by atoms with E-state index in [1.165, 1.54) is 11.3 Å². The van der Waals surface area contributed by atoms with Gasteiger partial charge in [0.25, 0.3) is 0 Å². The van der Waals surface area contributed by atoms with Crippen LogP contribution in [0.5, 0.6) is 0 Å². The maximum atomic E-state index is 12.5. The monoisotopic (exact) mass is 349 g/mol. The highest BCUT2D eigenvalue weighted by molar-refractivity contribution is 7.10. The van der Waals surface area contributed by atoms with Crippen LogP contribution in [0.3, 0.4) is 0 Å². The van der Waals surface area contributed by atoms with Crippen molar-refractivity contribution in [1.82, 2.24) is 15.5 Å². The highest BCUT2D eigenvalue weighted by Gasteiger charge is 2.34. The molecule has 2 fully saturated rings. The van der Waals surface area contributed by atoms with E-state index in [0.29, 0.717) is 6.04 Å². The molecule has 24 heavy (non-hydrogen) atoms. The Hall–Kier alpha value is -1.40. The minimum absolute atomic E-state index is 0.202. The summed E-state index contributed by atoms with van der Waals surface area (Å²) in [6, 6.07) is 4.06. The number of thiophene rings is 1. The molecule has 0 radical (unpaired) electrons. The van der Waals surface area contributed by atoms with Crippen molar-refractivity contribution in [3.8, 4) is 0 Å². The Labute approximate surface area is 147 Å². The molecule has 132 valence electrons. The molecule has 3 amide bonds. The van der Waals surface area contributed by atoms with Gasteiger partial charge in [0, 0.05) is 17.0 Å². The van der Waals surface area contributed by atoms with Crippen molar-refractivity contribution in [2.45, 2.75) is 70.0 Å². The summed E-state index contributed by atoms with van der Waals surface area (Å²) >= 11 is 1.74. The second-order valence-electron chi connectivity index (χ2n) is 6.88. The minimum atomic E-state index is -0.342. The number of nitrogens with zero attached hydrogens (tertiary/aromatic N) is 1. The second kappa shape index (κ2) is 8.12. The molecule has 0 bridgehead atoms. The minimum Gasteiger partial charge on any atom is -0.335 e. The topological polar surface area (TPSA) is 61.4 Å². The van der Waals surface area contributed by atoms with Crippen molar-refractivity contribution in [1.29, 1.82) is 0 Å². The first-order valence-corrected chi connectivity index (χ1v) is 9.93. The van der Waals surface area contributed by atoms with Crippen molar-refractivity contribution in [3.63, 3.8) is 0 Å².